The van der Waals surface area contributed by atoms with Crippen molar-refractivity contribution < 1.29 is 14.0 Å². The number of amides is 2. The van der Waals surface area contributed by atoms with Gasteiger partial charge in [0.15, 0.2) is 0 Å². The number of benzene rings is 1. The van der Waals surface area contributed by atoms with Crippen LogP contribution in [-0.4, -0.2) is 36.3 Å². The smallest absolute Gasteiger partial charge is 0.241 e. The normalized spacial score (nSPS) is 10.2. The van der Waals surface area contributed by atoms with E-state index in [2.05, 4.69) is 5.32 Å². The molecule has 0 fully saturated rings. The highest BCUT2D eigenvalue weighted by molar-refractivity contribution is 5.85. The van der Waals surface area contributed by atoms with Crippen LogP contribution in [0.4, 0.5) is 4.39 Å². The van der Waals surface area contributed by atoms with E-state index in [-0.39, 0.29) is 30.6 Å². The number of hydrogen-bond donors (Lipinski definition) is 1. The third kappa shape index (κ3) is 6.38. The molecule has 0 heterocycles. The molecule has 5 heteroatoms. The first-order valence-electron chi connectivity index (χ1n) is 7.35. The van der Waals surface area contributed by atoms with Crippen molar-refractivity contribution in [3.8, 4) is 0 Å². The van der Waals surface area contributed by atoms with Crippen LogP contribution in [-0.2, 0) is 16.0 Å². The zero-order valence-electron chi connectivity index (χ0n) is 12.7. The van der Waals surface area contributed by atoms with Crippen molar-refractivity contribution in [2.45, 2.75) is 33.1 Å². The van der Waals surface area contributed by atoms with Gasteiger partial charge in [-0.05, 0) is 30.5 Å². The van der Waals surface area contributed by atoms with Crippen molar-refractivity contribution in [1.82, 2.24) is 10.2 Å². The molecule has 1 rings (SSSR count). The summed E-state index contributed by atoms with van der Waals surface area (Å²) < 4.78 is 13.0. The Morgan fingerprint density at radius 1 is 1.19 bits per heavy atom. The Balaban J connectivity index is 2.42. The maximum atomic E-state index is 13.0. The van der Waals surface area contributed by atoms with Crippen molar-refractivity contribution in [3.63, 3.8) is 0 Å². The average molecular weight is 294 g/mol. The lowest BCUT2D eigenvalue weighted by Gasteiger charge is -2.21. The largest absolute Gasteiger partial charge is 0.347 e. The van der Waals surface area contributed by atoms with Gasteiger partial charge in [0.1, 0.15) is 5.82 Å². The molecule has 1 N–H and O–H groups in total. The van der Waals surface area contributed by atoms with E-state index in [0.717, 1.165) is 12.8 Å². The van der Waals surface area contributed by atoms with Crippen LogP contribution in [0.3, 0.4) is 0 Å². The molecule has 0 radical (unpaired) electrons. The van der Waals surface area contributed by atoms with Gasteiger partial charge in [-0.1, -0.05) is 26.0 Å². The summed E-state index contributed by atoms with van der Waals surface area (Å²) in [5.74, 6) is -0.721. The first-order valence-corrected chi connectivity index (χ1v) is 7.35. The van der Waals surface area contributed by atoms with E-state index in [1.165, 1.54) is 12.1 Å². The van der Waals surface area contributed by atoms with Crippen molar-refractivity contribution in [1.29, 1.82) is 0 Å². The molecule has 0 aliphatic carbocycles. The molecule has 0 aliphatic rings. The maximum absolute atomic E-state index is 13.0. The highest BCUT2D eigenvalue weighted by Gasteiger charge is 2.13. The van der Waals surface area contributed by atoms with Crippen LogP contribution in [0.1, 0.15) is 32.3 Å². The maximum Gasteiger partial charge on any atom is 0.241 e. The van der Waals surface area contributed by atoms with Crippen LogP contribution < -0.4 is 5.32 Å². The Bertz CT molecular complexity index is 471. The average Bonchev–Trinajstić information content (AvgIpc) is 2.44. The topological polar surface area (TPSA) is 49.4 Å². The minimum absolute atomic E-state index is 0.00580. The number of nitrogens with one attached hydrogen (secondary N) is 1. The molecule has 0 spiro atoms. The fourth-order valence-corrected chi connectivity index (χ4v) is 2.08. The van der Waals surface area contributed by atoms with Crippen molar-refractivity contribution in [3.05, 3.63) is 35.6 Å². The zero-order valence-corrected chi connectivity index (χ0v) is 12.7. The lowest BCUT2D eigenvalue weighted by Crippen LogP contribution is -2.41. The minimum atomic E-state index is -0.367. The molecule has 0 aliphatic heterocycles. The Labute approximate surface area is 125 Å². The summed E-state index contributed by atoms with van der Waals surface area (Å²) in [5.41, 5.74) is 0.596. The van der Waals surface area contributed by atoms with Crippen LogP contribution in [0.2, 0.25) is 0 Å². The third-order valence-corrected chi connectivity index (χ3v) is 3.03. The summed E-state index contributed by atoms with van der Waals surface area (Å²) >= 11 is 0. The lowest BCUT2D eigenvalue weighted by atomic mass is 10.1. The van der Waals surface area contributed by atoms with Crippen LogP contribution >= 0.6 is 0 Å². The first kappa shape index (κ1) is 17.1. The number of nitrogens with zero attached hydrogens (tertiary/aromatic N) is 1. The Morgan fingerprint density at radius 3 is 2.43 bits per heavy atom. The predicted molar refractivity (Wildman–Crippen MR) is 80.3 cm³/mol. The highest BCUT2D eigenvalue weighted by atomic mass is 19.1. The number of hydrogen-bond acceptors (Lipinski definition) is 2. The van der Waals surface area contributed by atoms with Gasteiger partial charge in [0.2, 0.25) is 11.8 Å². The second kappa shape index (κ2) is 9.10. The summed E-state index contributed by atoms with van der Waals surface area (Å²) in [6, 6.07) is 5.90. The van der Waals surface area contributed by atoms with Gasteiger partial charge in [0, 0.05) is 13.1 Å². The van der Waals surface area contributed by atoms with Gasteiger partial charge < -0.3 is 10.2 Å². The summed E-state index contributed by atoms with van der Waals surface area (Å²) in [5, 5.41) is 2.60. The number of carbonyl (C=O) groups is 2. The molecule has 1 aromatic rings. The molecule has 4 nitrogen and oxygen atoms in total. The molecule has 0 saturated heterocycles. The summed E-state index contributed by atoms with van der Waals surface area (Å²) in [7, 11) is 0. The standard InChI is InChI=1S/C16H23FN2O2/c1-3-8-19(9-4-2)16(21)12-18-15(20)11-13-6-5-7-14(17)10-13/h5-7,10H,3-4,8-9,11-12H2,1-2H3,(H,18,20). The molecule has 0 bridgehead atoms. The van der Waals surface area contributed by atoms with Crippen molar-refractivity contribution in [2.24, 2.45) is 0 Å². The monoisotopic (exact) mass is 294 g/mol. The molecular formula is C16H23FN2O2. The summed E-state index contributed by atoms with van der Waals surface area (Å²) in [4.78, 5) is 25.5. The van der Waals surface area contributed by atoms with E-state index in [9.17, 15) is 14.0 Å². The Kier molecular flexibility index (Phi) is 7.43. The molecule has 1 aromatic carbocycles. The van der Waals surface area contributed by atoms with Crippen LogP contribution in [0.15, 0.2) is 24.3 Å². The SMILES string of the molecule is CCCN(CCC)C(=O)CNC(=O)Cc1cccc(F)c1. The highest BCUT2D eigenvalue weighted by Crippen LogP contribution is 2.04. The van der Waals surface area contributed by atoms with E-state index in [1.807, 2.05) is 13.8 Å². The van der Waals surface area contributed by atoms with Gasteiger partial charge in [-0.3, -0.25) is 9.59 Å². The predicted octanol–water partition coefficient (Wildman–Crippen LogP) is 2.13. The quantitative estimate of drug-likeness (QED) is 0.798. The molecule has 0 saturated carbocycles. The summed E-state index contributed by atoms with van der Waals surface area (Å²) in [6.45, 7) is 5.42. The molecular weight excluding hydrogens is 271 g/mol. The molecule has 116 valence electrons. The van der Waals surface area contributed by atoms with E-state index in [1.54, 1.807) is 17.0 Å². The molecule has 0 atom stereocenters. The van der Waals surface area contributed by atoms with Crippen molar-refractivity contribution >= 4 is 11.8 Å². The van der Waals surface area contributed by atoms with Crippen LogP contribution in [0.25, 0.3) is 0 Å². The minimum Gasteiger partial charge on any atom is -0.347 e. The number of carbonyl (C=O) groups excluding carboxylic acids is 2. The first-order chi connectivity index (χ1) is 10.1. The van der Waals surface area contributed by atoms with E-state index in [4.69, 9.17) is 0 Å². The van der Waals surface area contributed by atoms with Gasteiger partial charge >= 0.3 is 0 Å². The van der Waals surface area contributed by atoms with Gasteiger partial charge in [-0.15, -0.1) is 0 Å². The van der Waals surface area contributed by atoms with Crippen molar-refractivity contribution in [2.75, 3.05) is 19.6 Å². The second-order valence-corrected chi connectivity index (χ2v) is 4.96. The number of halogens is 1. The second-order valence-electron chi connectivity index (χ2n) is 4.96. The van der Waals surface area contributed by atoms with Gasteiger partial charge in [-0.25, -0.2) is 4.39 Å². The molecule has 2 amide bonds. The summed E-state index contributed by atoms with van der Waals surface area (Å²) in [6.07, 6.45) is 1.86. The van der Waals surface area contributed by atoms with E-state index < -0.39 is 0 Å². The Hall–Kier alpha value is -1.91. The lowest BCUT2D eigenvalue weighted by molar-refractivity contribution is -0.132. The van der Waals surface area contributed by atoms with Crippen LogP contribution in [0.5, 0.6) is 0 Å². The molecule has 0 unspecified atom stereocenters. The molecule has 21 heavy (non-hydrogen) atoms. The van der Waals surface area contributed by atoms with E-state index in [0.29, 0.717) is 18.7 Å². The number of rotatable bonds is 8. The third-order valence-electron chi connectivity index (χ3n) is 3.03. The zero-order chi connectivity index (χ0) is 15.7. The van der Waals surface area contributed by atoms with Gasteiger partial charge in [-0.2, -0.15) is 0 Å². The van der Waals surface area contributed by atoms with Crippen LogP contribution in [0, 0.1) is 5.82 Å². The Morgan fingerprint density at radius 2 is 1.86 bits per heavy atom. The van der Waals surface area contributed by atoms with Gasteiger partial charge in [0.05, 0.1) is 13.0 Å². The fourth-order valence-electron chi connectivity index (χ4n) is 2.08. The van der Waals surface area contributed by atoms with Gasteiger partial charge in [0.25, 0.3) is 0 Å². The fraction of sp³-hybridized carbons (Fsp3) is 0.500. The molecule has 0 aromatic heterocycles. The van der Waals surface area contributed by atoms with E-state index >= 15 is 0 Å².